The van der Waals surface area contributed by atoms with E-state index in [1.54, 1.807) is 0 Å². The molecule has 1 saturated heterocycles. The minimum Gasteiger partial charge on any atom is -0.324 e. The van der Waals surface area contributed by atoms with Gasteiger partial charge < -0.3 is 10.6 Å². The number of amides is 2. The number of urea groups is 1. The van der Waals surface area contributed by atoms with Gasteiger partial charge in [-0.05, 0) is 30.9 Å². The second kappa shape index (κ2) is 5.83. The highest BCUT2D eigenvalue weighted by Gasteiger charge is 2.29. The molecule has 1 atom stereocenters. The average Bonchev–Trinajstić information content (AvgIpc) is 2.76. The molecule has 1 aromatic rings. The van der Waals surface area contributed by atoms with E-state index in [0.29, 0.717) is 0 Å². The zero-order chi connectivity index (χ0) is 13.9. The molecule has 1 aromatic carbocycles. The van der Waals surface area contributed by atoms with Crippen molar-refractivity contribution in [2.45, 2.75) is 38.1 Å². The second-order valence-electron chi connectivity index (χ2n) is 5.79. The molecule has 0 spiro atoms. The Morgan fingerprint density at radius 1 is 1.05 bits per heavy atom. The number of hydrogen-bond acceptors (Lipinski definition) is 2. The third-order valence-electron chi connectivity index (χ3n) is 4.40. The topological polar surface area (TPSA) is 49.6 Å². The van der Waals surface area contributed by atoms with E-state index in [2.05, 4.69) is 0 Å². The van der Waals surface area contributed by atoms with Gasteiger partial charge in [-0.3, -0.25) is 4.90 Å². The van der Waals surface area contributed by atoms with Crippen LogP contribution in [0.15, 0.2) is 24.3 Å². The predicted molar refractivity (Wildman–Crippen MR) is 80.8 cm³/mol. The van der Waals surface area contributed by atoms with Gasteiger partial charge >= 0.3 is 6.03 Å². The fraction of sp³-hybridized carbons (Fsp3) is 0.562. The Balaban J connectivity index is 1.83. The van der Waals surface area contributed by atoms with Crippen LogP contribution in [0.3, 0.4) is 0 Å². The molecule has 2 N–H and O–H groups in total. The van der Waals surface area contributed by atoms with E-state index in [9.17, 15) is 4.79 Å². The highest BCUT2D eigenvalue weighted by atomic mass is 16.2. The van der Waals surface area contributed by atoms with Crippen molar-refractivity contribution in [2.24, 2.45) is 5.73 Å². The molecule has 4 nitrogen and oxygen atoms in total. The summed E-state index contributed by atoms with van der Waals surface area (Å²) in [7, 11) is 0. The van der Waals surface area contributed by atoms with Gasteiger partial charge in [0.1, 0.15) is 0 Å². The van der Waals surface area contributed by atoms with Crippen LogP contribution in [0.1, 0.15) is 43.7 Å². The van der Waals surface area contributed by atoms with Gasteiger partial charge in [0.2, 0.25) is 0 Å². The Morgan fingerprint density at radius 2 is 1.75 bits per heavy atom. The van der Waals surface area contributed by atoms with Crippen molar-refractivity contribution >= 4 is 11.7 Å². The average molecular weight is 273 g/mol. The first-order valence-corrected chi connectivity index (χ1v) is 7.68. The van der Waals surface area contributed by atoms with Crippen LogP contribution in [0.25, 0.3) is 0 Å². The number of likely N-dealkylation sites (tertiary alicyclic amines) is 1. The summed E-state index contributed by atoms with van der Waals surface area (Å²) in [5.41, 5.74) is 8.26. The first-order chi connectivity index (χ1) is 9.77. The largest absolute Gasteiger partial charge is 0.324 e. The number of nitrogens with zero attached hydrogens (tertiary/aromatic N) is 2. The van der Waals surface area contributed by atoms with Crippen LogP contribution in [0, 0.1) is 0 Å². The van der Waals surface area contributed by atoms with Crippen molar-refractivity contribution in [2.75, 3.05) is 24.5 Å². The number of para-hydroxylation sites is 1. The fourth-order valence-corrected chi connectivity index (χ4v) is 3.22. The summed E-state index contributed by atoms with van der Waals surface area (Å²) in [6.45, 7) is 2.51. The van der Waals surface area contributed by atoms with Crippen LogP contribution in [0.2, 0.25) is 0 Å². The van der Waals surface area contributed by atoms with Crippen molar-refractivity contribution < 1.29 is 4.79 Å². The van der Waals surface area contributed by atoms with Crippen LogP contribution in [0.5, 0.6) is 0 Å². The standard InChI is InChI=1S/C16H23N3O/c17-14-9-12-19(15-8-4-3-7-13(14)15)16(20)18-10-5-1-2-6-11-18/h3-4,7-8,14H,1-2,5-6,9-12,17H2. The minimum absolute atomic E-state index is 0.0550. The SMILES string of the molecule is NC1CCN(C(=O)N2CCCCCC2)c2ccccc21. The molecular weight excluding hydrogens is 250 g/mol. The quantitative estimate of drug-likeness (QED) is 0.790. The first-order valence-electron chi connectivity index (χ1n) is 7.68. The number of nitrogens with two attached hydrogens (primary N) is 1. The van der Waals surface area contributed by atoms with E-state index in [4.69, 9.17) is 5.73 Å². The third kappa shape index (κ3) is 2.52. The van der Waals surface area contributed by atoms with Crippen molar-refractivity contribution in [3.8, 4) is 0 Å². The molecule has 0 bridgehead atoms. The summed E-state index contributed by atoms with van der Waals surface area (Å²) >= 11 is 0. The molecule has 4 heteroatoms. The maximum atomic E-state index is 12.8. The lowest BCUT2D eigenvalue weighted by atomic mass is 9.97. The zero-order valence-electron chi connectivity index (χ0n) is 11.9. The maximum absolute atomic E-state index is 12.8. The van der Waals surface area contributed by atoms with Gasteiger partial charge in [-0.2, -0.15) is 0 Å². The number of hydrogen-bond donors (Lipinski definition) is 1. The second-order valence-corrected chi connectivity index (χ2v) is 5.79. The number of rotatable bonds is 0. The Morgan fingerprint density at radius 3 is 2.50 bits per heavy atom. The molecule has 0 radical (unpaired) electrons. The van der Waals surface area contributed by atoms with E-state index in [0.717, 1.165) is 50.1 Å². The summed E-state index contributed by atoms with van der Waals surface area (Å²) < 4.78 is 0. The van der Waals surface area contributed by atoms with Crippen LogP contribution in [-0.4, -0.2) is 30.6 Å². The molecule has 2 aliphatic rings. The fourth-order valence-electron chi connectivity index (χ4n) is 3.22. The van der Waals surface area contributed by atoms with E-state index in [-0.39, 0.29) is 12.1 Å². The van der Waals surface area contributed by atoms with Crippen LogP contribution in [-0.2, 0) is 0 Å². The first kappa shape index (κ1) is 13.4. The Labute approximate surface area is 120 Å². The van der Waals surface area contributed by atoms with E-state index >= 15 is 0 Å². The maximum Gasteiger partial charge on any atom is 0.324 e. The summed E-state index contributed by atoms with van der Waals surface area (Å²) in [5.74, 6) is 0. The number of carbonyl (C=O) groups is 1. The summed E-state index contributed by atoms with van der Waals surface area (Å²) in [5, 5.41) is 0. The number of fused-ring (bicyclic) bond motifs is 1. The molecule has 0 saturated carbocycles. The number of carbonyl (C=O) groups excluding carboxylic acids is 1. The summed E-state index contributed by atoms with van der Waals surface area (Å²) in [6, 6.07) is 8.26. The van der Waals surface area contributed by atoms with Crippen LogP contribution < -0.4 is 10.6 Å². The van der Waals surface area contributed by atoms with E-state index in [1.165, 1.54) is 12.8 Å². The third-order valence-corrected chi connectivity index (χ3v) is 4.40. The Kier molecular flexibility index (Phi) is 3.92. The van der Waals surface area contributed by atoms with Crippen molar-refractivity contribution in [3.63, 3.8) is 0 Å². The lowest BCUT2D eigenvalue weighted by Gasteiger charge is -2.36. The summed E-state index contributed by atoms with van der Waals surface area (Å²) in [6.07, 6.45) is 5.58. The molecular formula is C16H23N3O. The van der Waals surface area contributed by atoms with Gasteiger partial charge in [0.15, 0.2) is 0 Å². The zero-order valence-corrected chi connectivity index (χ0v) is 11.9. The van der Waals surface area contributed by atoms with Gasteiger partial charge in [0.05, 0.1) is 5.69 Å². The minimum atomic E-state index is 0.0550. The smallest absolute Gasteiger partial charge is 0.324 e. The molecule has 0 aliphatic carbocycles. The normalized spacial score (nSPS) is 23.1. The highest BCUT2D eigenvalue weighted by molar-refractivity contribution is 5.93. The number of benzene rings is 1. The lowest BCUT2D eigenvalue weighted by Crippen LogP contribution is -2.47. The van der Waals surface area contributed by atoms with Crippen molar-refractivity contribution in [3.05, 3.63) is 29.8 Å². The molecule has 2 aliphatic heterocycles. The molecule has 1 fully saturated rings. The van der Waals surface area contributed by atoms with Crippen molar-refractivity contribution in [1.29, 1.82) is 0 Å². The lowest BCUT2D eigenvalue weighted by molar-refractivity contribution is 0.205. The van der Waals surface area contributed by atoms with Crippen LogP contribution >= 0.6 is 0 Å². The van der Waals surface area contributed by atoms with Gasteiger partial charge in [-0.1, -0.05) is 31.0 Å². The van der Waals surface area contributed by atoms with E-state index < -0.39 is 0 Å². The predicted octanol–water partition coefficient (Wildman–Crippen LogP) is 2.89. The van der Waals surface area contributed by atoms with Gasteiger partial charge in [0.25, 0.3) is 0 Å². The van der Waals surface area contributed by atoms with Crippen LogP contribution in [0.4, 0.5) is 10.5 Å². The molecule has 1 unspecified atom stereocenters. The molecule has 108 valence electrons. The Bertz CT molecular complexity index is 480. The van der Waals surface area contributed by atoms with E-state index in [1.807, 2.05) is 34.1 Å². The van der Waals surface area contributed by atoms with Gasteiger partial charge in [0, 0.05) is 25.7 Å². The Hall–Kier alpha value is -1.55. The highest BCUT2D eigenvalue weighted by Crippen LogP contribution is 2.33. The molecule has 2 amide bonds. The molecule has 20 heavy (non-hydrogen) atoms. The molecule has 3 rings (SSSR count). The van der Waals surface area contributed by atoms with Crippen molar-refractivity contribution in [1.82, 2.24) is 4.90 Å². The molecule has 0 aromatic heterocycles. The monoisotopic (exact) mass is 273 g/mol. The molecule has 2 heterocycles. The number of anilines is 1. The van der Waals surface area contributed by atoms with Gasteiger partial charge in [-0.15, -0.1) is 0 Å². The summed E-state index contributed by atoms with van der Waals surface area (Å²) in [4.78, 5) is 16.7. The van der Waals surface area contributed by atoms with Gasteiger partial charge in [-0.25, -0.2) is 4.79 Å².